The first kappa shape index (κ1) is 27.7. The summed E-state index contributed by atoms with van der Waals surface area (Å²) < 4.78 is 55.2. The summed E-state index contributed by atoms with van der Waals surface area (Å²) in [5, 5.41) is 2.62. The van der Waals surface area contributed by atoms with E-state index in [9.17, 15) is 21.6 Å². The number of anilines is 2. The van der Waals surface area contributed by atoms with Gasteiger partial charge < -0.3 is 5.32 Å². The minimum absolute atomic E-state index is 0.0330. The average Bonchev–Trinajstić information content (AvgIpc) is 2.79. The number of halogens is 1. The van der Waals surface area contributed by atoms with Crippen LogP contribution in [-0.4, -0.2) is 40.1 Å². The number of hydrogen-bond donors (Lipinski definition) is 2. The second kappa shape index (κ2) is 11.0. The second-order valence-corrected chi connectivity index (χ2v) is 12.2. The largest absolute Gasteiger partial charge is 0.322 e. The molecule has 11 heteroatoms. The van der Waals surface area contributed by atoms with E-state index in [0.717, 1.165) is 11.1 Å². The molecule has 3 aromatic carbocycles. The number of rotatable bonds is 9. The average molecular weight is 550 g/mol. The fourth-order valence-electron chi connectivity index (χ4n) is 3.72. The topological polar surface area (TPSA) is 113 Å². The Kier molecular flexibility index (Phi) is 8.45. The number of aryl methyl sites for hydroxylation is 2. The smallest absolute Gasteiger partial charge is 0.263 e. The van der Waals surface area contributed by atoms with Crippen molar-refractivity contribution in [3.05, 3.63) is 82.4 Å². The van der Waals surface area contributed by atoms with Crippen LogP contribution in [-0.2, 0) is 20.0 Å². The van der Waals surface area contributed by atoms with Crippen molar-refractivity contribution in [1.82, 2.24) is 4.31 Å². The molecule has 0 radical (unpaired) electrons. The third-order valence-corrected chi connectivity index (χ3v) is 9.34. The molecule has 1 amide bonds. The van der Waals surface area contributed by atoms with Crippen molar-refractivity contribution in [2.24, 2.45) is 0 Å². The van der Waals surface area contributed by atoms with Crippen LogP contribution >= 0.6 is 11.6 Å². The predicted octanol–water partition coefficient (Wildman–Crippen LogP) is 5.04. The molecule has 0 bridgehead atoms. The van der Waals surface area contributed by atoms with Crippen LogP contribution in [0.25, 0.3) is 0 Å². The van der Waals surface area contributed by atoms with Crippen molar-refractivity contribution in [3.63, 3.8) is 0 Å². The standard InChI is InChI=1S/C25H28ClN3O5S2/c1-5-29(6-2)36(33,34)22-10-8-20(9-11-22)27-25(30)19-7-12-23(26)24(16-19)35(31,32)28-21-14-17(3)13-18(4)15-21/h7-16,28H,5-6H2,1-4H3,(H,27,30). The van der Waals surface area contributed by atoms with Gasteiger partial charge in [-0.15, -0.1) is 0 Å². The van der Waals surface area contributed by atoms with E-state index in [2.05, 4.69) is 10.0 Å². The number of carbonyl (C=O) groups excluding carboxylic acids is 1. The molecule has 0 spiro atoms. The number of benzene rings is 3. The maximum absolute atomic E-state index is 13.0. The highest BCUT2D eigenvalue weighted by atomic mass is 35.5. The van der Waals surface area contributed by atoms with Crippen LogP contribution < -0.4 is 10.0 Å². The van der Waals surface area contributed by atoms with E-state index in [4.69, 9.17) is 11.6 Å². The van der Waals surface area contributed by atoms with Crippen LogP contribution in [0.2, 0.25) is 5.02 Å². The molecule has 2 N–H and O–H groups in total. The van der Waals surface area contributed by atoms with Crippen molar-refractivity contribution in [2.75, 3.05) is 23.1 Å². The van der Waals surface area contributed by atoms with Gasteiger partial charge >= 0.3 is 0 Å². The van der Waals surface area contributed by atoms with E-state index < -0.39 is 26.0 Å². The second-order valence-electron chi connectivity index (χ2n) is 8.19. The molecule has 3 rings (SSSR count). The van der Waals surface area contributed by atoms with Crippen molar-refractivity contribution in [1.29, 1.82) is 0 Å². The number of amides is 1. The van der Waals surface area contributed by atoms with E-state index >= 15 is 0 Å². The number of carbonyl (C=O) groups is 1. The SMILES string of the molecule is CCN(CC)S(=O)(=O)c1ccc(NC(=O)c2ccc(Cl)c(S(=O)(=O)Nc3cc(C)cc(C)c3)c2)cc1. The number of nitrogens with one attached hydrogen (secondary N) is 2. The van der Waals surface area contributed by atoms with E-state index in [1.807, 2.05) is 19.9 Å². The zero-order valence-corrected chi connectivity index (χ0v) is 22.8. The minimum Gasteiger partial charge on any atom is -0.322 e. The Hall–Kier alpha value is -2.92. The first-order chi connectivity index (χ1) is 16.9. The van der Waals surface area contributed by atoms with Gasteiger partial charge in [-0.3, -0.25) is 9.52 Å². The van der Waals surface area contributed by atoms with Gasteiger partial charge in [0.1, 0.15) is 4.90 Å². The van der Waals surface area contributed by atoms with Crippen LogP contribution in [0, 0.1) is 13.8 Å². The summed E-state index contributed by atoms with van der Waals surface area (Å²) in [7, 11) is -7.70. The summed E-state index contributed by atoms with van der Waals surface area (Å²) >= 11 is 6.17. The molecule has 3 aromatic rings. The molecule has 0 aliphatic carbocycles. The lowest BCUT2D eigenvalue weighted by molar-refractivity contribution is 0.102. The Morgan fingerprint density at radius 1 is 0.833 bits per heavy atom. The molecular weight excluding hydrogens is 522 g/mol. The van der Waals surface area contributed by atoms with Gasteiger partial charge in [0.05, 0.1) is 9.92 Å². The molecule has 0 aliphatic rings. The molecule has 0 saturated heterocycles. The first-order valence-electron chi connectivity index (χ1n) is 11.2. The predicted molar refractivity (Wildman–Crippen MR) is 143 cm³/mol. The van der Waals surface area contributed by atoms with Gasteiger partial charge in [0.25, 0.3) is 15.9 Å². The molecule has 0 unspecified atom stereocenters. The zero-order valence-electron chi connectivity index (χ0n) is 20.4. The van der Waals surface area contributed by atoms with Gasteiger partial charge in [0, 0.05) is 30.0 Å². The summed E-state index contributed by atoms with van der Waals surface area (Å²) in [5.41, 5.74) is 2.59. The van der Waals surface area contributed by atoms with Gasteiger partial charge in [0.15, 0.2) is 0 Å². The fraction of sp³-hybridized carbons (Fsp3) is 0.240. The summed E-state index contributed by atoms with van der Waals surface area (Å²) in [5.74, 6) is -0.575. The molecular formula is C25H28ClN3O5S2. The highest BCUT2D eigenvalue weighted by Crippen LogP contribution is 2.27. The van der Waals surface area contributed by atoms with Gasteiger partial charge in [0.2, 0.25) is 10.0 Å². The van der Waals surface area contributed by atoms with E-state index in [1.165, 1.54) is 46.8 Å². The molecule has 0 saturated carbocycles. The number of hydrogen-bond acceptors (Lipinski definition) is 5. The zero-order chi connectivity index (χ0) is 26.7. The Morgan fingerprint density at radius 3 is 1.97 bits per heavy atom. The third-order valence-electron chi connectivity index (χ3n) is 5.41. The lowest BCUT2D eigenvalue weighted by Crippen LogP contribution is -2.30. The first-order valence-corrected chi connectivity index (χ1v) is 14.5. The van der Waals surface area contributed by atoms with Crippen molar-refractivity contribution >= 4 is 48.9 Å². The Bertz CT molecular complexity index is 1460. The Labute approximate surface area is 217 Å². The van der Waals surface area contributed by atoms with Crippen molar-refractivity contribution in [2.45, 2.75) is 37.5 Å². The lowest BCUT2D eigenvalue weighted by atomic mass is 10.1. The molecule has 36 heavy (non-hydrogen) atoms. The van der Waals surface area contributed by atoms with Crippen LogP contribution in [0.3, 0.4) is 0 Å². The highest BCUT2D eigenvalue weighted by molar-refractivity contribution is 7.92. The summed E-state index contributed by atoms with van der Waals surface area (Å²) in [6.45, 7) is 7.92. The number of nitrogens with zero attached hydrogens (tertiary/aromatic N) is 1. The van der Waals surface area contributed by atoms with Gasteiger partial charge in [-0.2, -0.15) is 4.31 Å². The van der Waals surface area contributed by atoms with E-state index in [0.29, 0.717) is 24.5 Å². The minimum atomic E-state index is -4.07. The Balaban J connectivity index is 1.83. The normalized spacial score (nSPS) is 11.9. The molecule has 8 nitrogen and oxygen atoms in total. The summed E-state index contributed by atoms with van der Waals surface area (Å²) in [6, 6.07) is 15.0. The van der Waals surface area contributed by atoms with Gasteiger partial charge in [-0.1, -0.05) is 31.5 Å². The molecule has 0 aliphatic heterocycles. The Morgan fingerprint density at radius 2 is 1.42 bits per heavy atom. The van der Waals surface area contributed by atoms with Gasteiger partial charge in [-0.05, 0) is 79.6 Å². The quantitative estimate of drug-likeness (QED) is 0.388. The summed E-state index contributed by atoms with van der Waals surface area (Å²) in [4.78, 5) is 12.7. The maximum atomic E-state index is 13.0. The van der Waals surface area contributed by atoms with Crippen LogP contribution in [0.4, 0.5) is 11.4 Å². The molecule has 192 valence electrons. The summed E-state index contributed by atoms with van der Waals surface area (Å²) in [6.07, 6.45) is 0. The van der Waals surface area contributed by atoms with Crippen LogP contribution in [0.5, 0.6) is 0 Å². The third kappa shape index (κ3) is 6.25. The van der Waals surface area contributed by atoms with Gasteiger partial charge in [-0.25, -0.2) is 16.8 Å². The lowest BCUT2D eigenvalue weighted by Gasteiger charge is -2.18. The molecule has 0 atom stereocenters. The monoisotopic (exact) mass is 549 g/mol. The van der Waals surface area contributed by atoms with Crippen molar-refractivity contribution < 1.29 is 21.6 Å². The van der Waals surface area contributed by atoms with E-state index in [1.54, 1.807) is 26.0 Å². The number of sulfonamides is 2. The highest BCUT2D eigenvalue weighted by Gasteiger charge is 2.23. The molecule has 0 fully saturated rings. The molecule has 0 heterocycles. The maximum Gasteiger partial charge on any atom is 0.263 e. The fourth-order valence-corrected chi connectivity index (χ4v) is 6.75. The van der Waals surface area contributed by atoms with Crippen LogP contribution in [0.15, 0.2) is 70.5 Å². The van der Waals surface area contributed by atoms with E-state index in [-0.39, 0.29) is 20.4 Å². The van der Waals surface area contributed by atoms with Crippen LogP contribution in [0.1, 0.15) is 35.3 Å². The molecule has 0 aromatic heterocycles. The van der Waals surface area contributed by atoms with Crippen molar-refractivity contribution in [3.8, 4) is 0 Å².